The zero-order chi connectivity index (χ0) is 18.7. The largest absolute Gasteiger partial charge is 0.335 e. The lowest BCUT2D eigenvalue weighted by atomic mass is 10.2. The van der Waals surface area contributed by atoms with E-state index >= 15 is 0 Å². The minimum absolute atomic E-state index is 0.181. The van der Waals surface area contributed by atoms with Crippen LogP contribution in [-0.4, -0.2) is 47.9 Å². The zero-order valence-electron chi connectivity index (χ0n) is 13.7. The Balaban J connectivity index is 1.58. The zero-order valence-corrected chi connectivity index (χ0v) is 15.2. The third kappa shape index (κ3) is 4.45. The van der Waals surface area contributed by atoms with Gasteiger partial charge in [0, 0.05) is 47.5 Å². The van der Waals surface area contributed by atoms with Gasteiger partial charge in [-0.3, -0.25) is 4.79 Å². The van der Waals surface area contributed by atoms with Crippen molar-refractivity contribution in [2.24, 2.45) is 0 Å². The number of rotatable bonds is 2. The minimum atomic E-state index is -0.418. The van der Waals surface area contributed by atoms with Crippen LogP contribution >= 0.6 is 23.2 Å². The van der Waals surface area contributed by atoms with Crippen molar-refractivity contribution in [3.8, 4) is 0 Å². The maximum atomic E-state index is 13.2. The molecule has 0 spiro atoms. The molecule has 1 N–H and O–H groups in total. The van der Waals surface area contributed by atoms with Gasteiger partial charge in [0.15, 0.2) is 0 Å². The molecule has 0 radical (unpaired) electrons. The molecule has 2 aromatic rings. The van der Waals surface area contributed by atoms with Gasteiger partial charge in [-0.2, -0.15) is 0 Å². The molecule has 1 fully saturated rings. The minimum Gasteiger partial charge on any atom is -0.335 e. The van der Waals surface area contributed by atoms with E-state index < -0.39 is 5.82 Å². The molecule has 1 heterocycles. The molecule has 1 aliphatic rings. The topological polar surface area (TPSA) is 52.7 Å². The van der Waals surface area contributed by atoms with Crippen LogP contribution in [0.3, 0.4) is 0 Å². The van der Waals surface area contributed by atoms with Gasteiger partial charge in [-0.25, -0.2) is 9.18 Å². The fourth-order valence-electron chi connectivity index (χ4n) is 2.74. The SMILES string of the molecule is O=C(Nc1cccc(F)c1)N1CCN(C(=O)c2cc(Cl)cc(Cl)c2)CC1. The quantitative estimate of drug-likeness (QED) is 0.830. The molecule has 0 atom stereocenters. The van der Waals surface area contributed by atoms with Gasteiger partial charge in [0.05, 0.1) is 0 Å². The van der Waals surface area contributed by atoms with Gasteiger partial charge >= 0.3 is 6.03 Å². The standard InChI is InChI=1S/C18H16Cl2FN3O2/c19-13-8-12(9-14(20)10-13)17(25)23-4-6-24(7-5-23)18(26)22-16-3-1-2-15(21)11-16/h1-3,8-11H,4-7H2,(H,22,26). The maximum absolute atomic E-state index is 13.2. The van der Waals surface area contributed by atoms with E-state index in [4.69, 9.17) is 23.2 Å². The summed E-state index contributed by atoms with van der Waals surface area (Å²) in [6.45, 7) is 1.53. The number of benzene rings is 2. The highest BCUT2D eigenvalue weighted by atomic mass is 35.5. The summed E-state index contributed by atoms with van der Waals surface area (Å²) in [4.78, 5) is 28.1. The molecule has 0 unspecified atom stereocenters. The van der Waals surface area contributed by atoms with E-state index in [0.29, 0.717) is 47.5 Å². The number of carbonyl (C=O) groups is 2. The Morgan fingerprint density at radius 1 is 0.923 bits per heavy atom. The lowest BCUT2D eigenvalue weighted by Gasteiger charge is -2.34. The summed E-state index contributed by atoms with van der Waals surface area (Å²) in [6, 6.07) is 10.1. The first-order valence-electron chi connectivity index (χ1n) is 7.99. The van der Waals surface area contributed by atoms with Crippen LogP contribution < -0.4 is 5.32 Å². The number of anilines is 1. The third-order valence-corrected chi connectivity index (χ3v) is 4.48. The van der Waals surface area contributed by atoms with E-state index in [-0.39, 0.29) is 11.9 Å². The van der Waals surface area contributed by atoms with Gasteiger partial charge in [-0.15, -0.1) is 0 Å². The molecule has 2 aromatic carbocycles. The Bertz CT molecular complexity index is 819. The Labute approximate surface area is 160 Å². The summed E-state index contributed by atoms with van der Waals surface area (Å²) < 4.78 is 13.2. The second-order valence-corrected chi connectivity index (χ2v) is 6.75. The smallest absolute Gasteiger partial charge is 0.321 e. The lowest BCUT2D eigenvalue weighted by molar-refractivity contribution is 0.0671. The third-order valence-electron chi connectivity index (χ3n) is 4.04. The molecule has 0 aliphatic carbocycles. The maximum Gasteiger partial charge on any atom is 0.321 e. The van der Waals surface area contributed by atoms with Crippen molar-refractivity contribution in [1.29, 1.82) is 0 Å². The Morgan fingerprint density at radius 3 is 2.15 bits per heavy atom. The Kier molecular flexibility index (Phi) is 5.64. The number of halogens is 3. The summed E-state index contributed by atoms with van der Waals surface area (Å²) in [5, 5.41) is 3.45. The number of hydrogen-bond acceptors (Lipinski definition) is 2. The van der Waals surface area contributed by atoms with Gasteiger partial charge in [0.2, 0.25) is 0 Å². The van der Waals surface area contributed by atoms with Crippen LogP contribution in [0.2, 0.25) is 10.0 Å². The molecule has 3 rings (SSSR count). The molecular weight excluding hydrogens is 380 g/mol. The van der Waals surface area contributed by atoms with Crippen LogP contribution in [0.25, 0.3) is 0 Å². The highest BCUT2D eigenvalue weighted by Crippen LogP contribution is 2.21. The van der Waals surface area contributed by atoms with Crippen LogP contribution in [0.15, 0.2) is 42.5 Å². The fraction of sp³-hybridized carbons (Fsp3) is 0.222. The number of piperazine rings is 1. The molecule has 5 nitrogen and oxygen atoms in total. The second kappa shape index (κ2) is 7.93. The lowest BCUT2D eigenvalue weighted by Crippen LogP contribution is -2.51. The molecule has 3 amide bonds. The molecule has 136 valence electrons. The summed E-state index contributed by atoms with van der Waals surface area (Å²) in [7, 11) is 0. The van der Waals surface area contributed by atoms with Gasteiger partial charge in [-0.05, 0) is 36.4 Å². The molecule has 8 heteroatoms. The predicted octanol–water partition coefficient (Wildman–Crippen LogP) is 4.12. The van der Waals surface area contributed by atoms with Gasteiger partial charge < -0.3 is 15.1 Å². The summed E-state index contributed by atoms with van der Waals surface area (Å²) >= 11 is 11.9. The summed E-state index contributed by atoms with van der Waals surface area (Å²) in [5.41, 5.74) is 0.808. The van der Waals surface area contributed by atoms with Crippen molar-refractivity contribution < 1.29 is 14.0 Å². The first-order valence-corrected chi connectivity index (χ1v) is 8.75. The van der Waals surface area contributed by atoms with Crippen molar-refractivity contribution >= 4 is 40.8 Å². The van der Waals surface area contributed by atoms with Gasteiger partial charge in [-0.1, -0.05) is 29.3 Å². The van der Waals surface area contributed by atoms with Crippen molar-refractivity contribution in [3.63, 3.8) is 0 Å². The molecular formula is C18H16Cl2FN3O2. The normalized spacial score (nSPS) is 14.3. The molecule has 0 bridgehead atoms. The number of carbonyl (C=O) groups excluding carboxylic acids is 2. The highest BCUT2D eigenvalue weighted by molar-refractivity contribution is 6.35. The Hall–Kier alpha value is -2.31. The van der Waals surface area contributed by atoms with E-state index in [9.17, 15) is 14.0 Å². The van der Waals surface area contributed by atoms with Crippen LogP contribution in [0, 0.1) is 5.82 Å². The fourth-order valence-corrected chi connectivity index (χ4v) is 3.27. The van der Waals surface area contributed by atoms with Crippen molar-refractivity contribution in [1.82, 2.24) is 9.80 Å². The van der Waals surface area contributed by atoms with E-state index in [1.54, 1.807) is 34.1 Å². The number of amides is 3. The van der Waals surface area contributed by atoms with E-state index in [2.05, 4.69) is 5.32 Å². The molecule has 1 saturated heterocycles. The van der Waals surface area contributed by atoms with Crippen LogP contribution in [0.4, 0.5) is 14.9 Å². The molecule has 0 saturated carbocycles. The van der Waals surface area contributed by atoms with Crippen molar-refractivity contribution in [2.75, 3.05) is 31.5 Å². The number of nitrogens with zero attached hydrogens (tertiary/aromatic N) is 2. The number of nitrogens with one attached hydrogen (secondary N) is 1. The first-order chi connectivity index (χ1) is 12.4. The van der Waals surface area contributed by atoms with Gasteiger partial charge in [0.1, 0.15) is 5.82 Å². The van der Waals surface area contributed by atoms with Crippen molar-refractivity contribution in [3.05, 3.63) is 63.9 Å². The van der Waals surface area contributed by atoms with Crippen LogP contribution in [0.1, 0.15) is 10.4 Å². The molecule has 26 heavy (non-hydrogen) atoms. The molecule has 0 aromatic heterocycles. The predicted molar refractivity (Wildman–Crippen MR) is 99.4 cm³/mol. The monoisotopic (exact) mass is 395 g/mol. The number of urea groups is 1. The van der Waals surface area contributed by atoms with Crippen molar-refractivity contribution in [2.45, 2.75) is 0 Å². The highest BCUT2D eigenvalue weighted by Gasteiger charge is 2.25. The second-order valence-electron chi connectivity index (χ2n) is 5.88. The molecule has 1 aliphatic heterocycles. The Morgan fingerprint density at radius 2 is 1.54 bits per heavy atom. The van der Waals surface area contributed by atoms with E-state index in [1.165, 1.54) is 18.2 Å². The first kappa shape index (κ1) is 18.5. The van der Waals surface area contributed by atoms with Crippen LogP contribution in [-0.2, 0) is 0 Å². The van der Waals surface area contributed by atoms with E-state index in [0.717, 1.165) is 0 Å². The number of hydrogen-bond donors (Lipinski definition) is 1. The summed E-state index contributed by atoms with van der Waals surface area (Å²) in [5.74, 6) is -0.599. The summed E-state index contributed by atoms with van der Waals surface area (Å²) in [6.07, 6.45) is 0. The average Bonchev–Trinajstić information content (AvgIpc) is 2.60. The average molecular weight is 396 g/mol. The van der Waals surface area contributed by atoms with Crippen LogP contribution in [0.5, 0.6) is 0 Å². The van der Waals surface area contributed by atoms with E-state index in [1.807, 2.05) is 0 Å². The van der Waals surface area contributed by atoms with Gasteiger partial charge in [0.25, 0.3) is 5.91 Å².